The van der Waals surface area contributed by atoms with Crippen LogP contribution in [0.2, 0.25) is 0 Å². The van der Waals surface area contributed by atoms with Crippen LogP contribution in [-0.4, -0.2) is 38.3 Å². The van der Waals surface area contributed by atoms with Gasteiger partial charge in [-0.2, -0.15) is 4.31 Å². The van der Waals surface area contributed by atoms with Crippen molar-refractivity contribution in [3.05, 3.63) is 78.4 Å². The maximum absolute atomic E-state index is 13.4. The van der Waals surface area contributed by atoms with E-state index in [4.69, 9.17) is 9.47 Å². The highest BCUT2D eigenvalue weighted by atomic mass is 32.2. The van der Waals surface area contributed by atoms with Gasteiger partial charge in [-0.25, -0.2) is 8.42 Å². The monoisotopic (exact) mass is 466 g/mol. The van der Waals surface area contributed by atoms with E-state index in [0.717, 1.165) is 0 Å². The fraction of sp³-hybridized carbons (Fsp3) is 0.240. The third kappa shape index (κ3) is 5.02. The van der Waals surface area contributed by atoms with E-state index < -0.39 is 16.1 Å². The molecule has 1 saturated heterocycles. The molecule has 0 aromatic heterocycles. The Morgan fingerprint density at radius 2 is 1.64 bits per heavy atom. The molecule has 0 saturated carbocycles. The lowest BCUT2D eigenvalue weighted by Crippen LogP contribution is -2.43. The normalized spacial score (nSPS) is 16.4. The first kappa shape index (κ1) is 22.8. The first-order chi connectivity index (χ1) is 15.9. The predicted molar refractivity (Wildman–Crippen MR) is 126 cm³/mol. The molecule has 1 heterocycles. The van der Waals surface area contributed by atoms with Crippen LogP contribution in [0, 0.1) is 6.92 Å². The minimum Gasteiger partial charge on any atom is -0.497 e. The lowest BCUT2D eigenvalue weighted by Gasteiger charge is -2.24. The van der Waals surface area contributed by atoms with Crippen LogP contribution in [0.5, 0.6) is 17.2 Å². The van der Waals surface area contributed by atoms with Gasteiger partial charge in [-0.3, -0.25) is 4.79 Å². The molecule has 1 aliphatic heterocycles. The van der Waals surface area contributed by atoms with Crippen molar-refractivity contribution in [3.63, 3.8) is 0 Å². The summed E-state index contributed by atoms with van der Waals surface area (Å²) >= 11 is 0. The minimum atomic E-state index is -3.86. The summed E-state index contributed by atoms with van der Waals surface area (Å²) < 4.78 is 39.0. The van der Waals surface area contributed by atoms with E-state index in [1.807, 2.05) is 30.3 Å². The quantitative estimate of drug-likeness (QED) is 0.551. The number of nitrogens with one attached hydrogen (secondary N) is 1. The van der Waals surface area contributed by atoms with E-state index in [-0.39, 0.29) is 10.8 Å². The van der Waals surface area contributed by atoms with Gasteiger partial charge in [-0.05, 0) is 67.8 Å². The van der Waals surface area contributed by atoms with Gasteiger partial charge in [0.2, 0.25) is 15.9 Å². The highest BCUT2D eigenvalue weighted by Crippen LogP contribution is 2.31. The van der Waals surface area contributed by atoms with Gasteiger partial charge in [0.15, 0.2) is 0 Å². The second kappa shape index (κ2) is 9.64. The Morgan fingerprint density at radius 1 is 0.970 bits per heavy atom. The summed E-state index contributed by atoms with van der Waals surface area (Å²) in [7, 11) is -2.37. The first-order valence-electron chi connectivity index (χ1n) is 10.7. The number of carbonyl (C=O) groups excluding carboxylic acids is 1. The molecule has 1 atom stereocenters. The van der Waals surface area contributed by atoms with Gasteiger partial charge >= 0.3 is 0 Å². The number of carbonyl (C=O) groups is 1. The number of hydrogen-bond donors (Lipinski definition) is 1. The standard InChI is InChI=1S/C25H26N2O5S/c1-18-10-13-22(31-2)17-24(18)33(29,30)27-16-6-9-23(27)25(28)26-19-11-14-21(15-12-19)32-20-7-4-3-5-8-20/h3-5,7-8,10-15,17,23H,6,9,16H2,1-2H3,(H,26,28)/t23-/m1/s1. The molecule has 172 valence electrons. The zero-order valence-corrected chi connectivity index (χ0v) is 19.3. The zero-order chi connectivity index (χ0) is 23.4. The first-order valence-corrected chi connectivity index (χ1v) is 12.1. The number of amides is 1. The van der Waals surface area contributed by atoms with Crippen molar-refractivity contribution in [1.29, 1.82) is 0 Å². The molecule has 3 aromatic carbocycles. The highest BCUT2D eigenvalue weighted by Gasteiger charge is 2.40. The summed E-state index contributed by atoms with van der Waals surface area (Å²) in [5.74, 6) is 1.46. The van der Waals surface area contributed by atoms with Crippen LogP contribution in [0.1, 0.15) is 18.4 Å². The van der Waals surface area contributed by atoms with Crippen LogP contribution in [0.25, 0.3) is 0 Å². The number of benzene rings is 3. The summed E-state index contributed by atoms with van der Waals surface area (Å²) in [6.07, 6.45) is 1.08. The molecule has 1 aliphatic rings. The molecular formula is C25H26N2O5S. The second-order valence-corrected chi connectivity index (χ2v) is 9.69. The molecule has 4 rings (SSSR count). The number of nitrogens with zero attached hydrogens (tertiary/aromatic N) is 1. The van der Waals surface area contributed by atoms with Crippen molar-refractivity contribution in [1.82, 2.24) is 4.31 Å². The van der Waals surface area contributed by atoms with Crippen LogP contribution in [0.15, 0.2) is 77.7 Å². The number of methoxy groups -OCH3 is 1. The number of hydrogen-bond acceptors (Lipinski definition) is 5. The van der Waals surface area contributed by atoms with Gasteiger partial charge in [-0.1, -0.05) is 24.3 Å². The lowest BCUT2D eigenvalue weighted by molar-refractivity contribution is -0.119. The molecule has 0 radical (unpaired) electrons. The number of sulfonamides is 1. The van der Waals surface area contributed by atoms with Crippen molar-refractivity contribution in [2.24, 2.45) is 0 Å². The largest absolute Gasteiger partial charge is 0.497 e. The van der Waals surface area contributed by atoms with Crippen molar-refractivity contribution < 1.29 is 22.7 Å². The number of ether oxygens (including phenoxy) is 2. The van der Waals surface area contributed by atoms with E-state index >= 15 is 0 Å². The maximum Gasteiger partial charge on any atom is 0.244 e. The number of anilines is 1. The van der Waals surface area contributed by atoms with Gasteiger partial charge in [-0.15, -0.1) is 0 Å². The predicted octanol–water partition coefficient (Wildman–Crippen LogP) is 4.59. The third-order valence-electron chi connectivity index (χ3n) is 5.59. The number of rotatable bonds is 7. The Kier molecular flexibility index (Phi) is 6.67. The Morgan fingerprint density at radius 3 is 2.33 bits per heavy atom. The molecule has 0 aliphatic carbocycles. The Bertz CT molecular complexity index is 1230. The number of aryl methyl sites for hydroxylation is 1. The van der Waals surface area contributed by atoms with E-state index in [0.29, 0.717) is 47.9 Å². The van der Waals surface area contributed by atoms with Crippen molar-refractivity contribution in [2.45, 2.75) is 30.7 Å². The van der Waals surface area contributed by atoms with E-state index in [2.05, 4.69) is 5.32 Å². The molecule has 8 heteroatoms. The molecule has 1 amide bonds. The minimum absolute atomic E-state index is 0.156. The average molecular weight is 467 g/mol. The van der Waals surface area contributed by atoms with Gasteiger partial charge in [0.25, 0.3) is 0 Å². The van der Waals surface area contributed by atoms with Gasteiger partial charge in [0.1, 0.15) is 23.3 Å². The van der Waals surface area contributed by atoms with Gasteiger partial charge in [0, 0.05) is 18.3 Å². The molecule has 0 spiro atoms. The van der Waals surface area contributed by atoms with E-state index in [9.17, 15) is 13.2 Å². The number of para-hydroxylation sites is 1. The maximum atomic E-state index is 13.4. The molecule has 0 unspecified atom stereocenters. The van der Waals surface area contributed by atoms with Crippen molar-refractivity contribution >= 4 is 21.6 Å². The average Bonchev–Trinajstić information content (AvgIpc) is 3.32. The van der Waals surface area contributed by atoms with Crippen molar-refractivity contribution in [3.8, 4) is 17.2 Å². The van der Waals surface area contributed by atoms with Crippen LogP contribution >= 0.6 is 0 Å². The molecule has 3 aromatic rings. The lowest BCUT2D eigenvalue weighted by atomic mass is 10.2. The molecule has 0 bridgehead atoms. The Hall–Kier alpha value is -3.36. The molecule has 1 N–H and O–H groups in total. The topological polar surface area (TPSA) is 84.9 Å². The second-order valence-electron chi connectivity index (χ2n) is 7.83. The molecule has 1 fully saturated rings. The van der Waals surface area contributed by atoms with Crippen LogP contribution in [0.4, 0.5) is 5.69 Å². The SMILES string of the molecule is COc1ccc(C)c(S(=O)(=O)N2CCC[C@@H]2C(=O)Nc2ccc(Oc3ccccc3)cc2)c1. The summed E-state index contributed by atoms with van der Waals surface area (Å²) in [6, 6.07) is 20.5. The van der Waals surface area contributed by atoms with E-state index in [1.54, 1.807) is 43.3 Å². The Labute approximate surface area is 194 Å². The van der Waals surface area contributed by atoms with E-state index in [1.165, 1.54) is 17.5 Å². The van der Waals surface area contributed by atoms with Gasteiger partial charge < -0.3 is 14.8 Å². The fourth-order valence-corrected chi connectivity index (χ4v) is 5.76. The van der Waals surface area contributed by atoms with Crippen LogP contribution in [0.3, 0.4) is 0 Å². The molecule has 33 heavy (non-hydrogen) atoms. The summed E-state index contributed by atoms with van der Waals surface area (Å²) in [5.41, 5.74) is 1.18. The fourth-order valence-electron chi connectivity index (χ4n) is 3.86. The summed E-state index contributed by atoms with van der Waals surface area (Å²) in [5, 5.41) is 2.84. The molecular weight excluding hydrogens is 440 g/mol. The summed E-state index contributed by atoms with van der Waals surface area (Å²) in [6.45, 7) is 2.03. The summed E-state index contributed by atoms with van der Waals surface area (Å²) in [4.78, 5) is 13.2. The van der Waals surface area contributed by atoms with Crippen molar-refractivity contribution in [2.75, 3.05) is 19.0 Å². The van der Waals surface area contributed by atoms with Crippen LogP contribution < -0.4 is 14.8 Å². The highest BCUT2D eigenvalue weighted by molar-refractivity contribution is 7.89. The third-order valence-corrected chi connectivity index (χ3v) is 7.64. The smallest absolute Gasteiger partial charge is 0.244 e. The molecule has 7 nitrogen and oxygen atoms in total. The van der Waals surface area contributed by atoms with Gasteiger partial charge in [0.05, 0.1) is 12.0 Å². The Balaban J connectivity index is 1.48. The van der Waals surface area contributed by atoms with Crippen LogP contribution in [-0.2, 0) is 14.8 Å². The zero-order valence-electron chi connectivity index (χ0n) is 18.5.